The summed E-state index contributed by atoms with van der Waals surface area (Å²) >= 11 is 6.14. The van der Waals surface area contributed by atoms with Gasteiger partial charge in [0.15, 0.2) is 5.76 Å². The summed E-state index contributed by atoms with van der Waals surface area (Å²) < 4.78 is 5.52. The summed E-state index contributed by atoms with van der Waals surface area (Å²) in [7, 11) is 0. The number of nitrogens with zero attached hydrogens (tertiary/aromatic N) is 1. The molecule has 0 atom stereocenters. The molecule has 0 bridgehead atoms. The van der Waals surface area contributed by atoms with Crippen LogP contribution in [-0.4, -0.2) is 11.6 Å². The maximum atomic E-state index is 12.5. The van der Waals surface area contributed by atoms with Crippen molar-refractivity contribution in [3.05, 3.63) is 93.0 Å². The Hall–Kier alpha value is -3.38. The summed E-state index contributed by atoms with van der Waals surface area (Å²) in [6, 6.07) is 17.6. The number of hydrogen-bond donors (Lipinski definition) is 2. The highest BCUT2D eigenvalue weighted by molar-refractivity contribution is 6.33. The highest BCUT2D eigenvalue weighted by atomic mass is 35.5. The van der Waals surface area contributed by atoms with Crippen LogP contribution in [0.3, 0.4) is 0 Å². The van der Waals surface area contributed by atoms with Gasteiger partial charge in [0.1, 0.15) is 11.4 Å². The monoisotopic (exact) mass is 407 g/mol. The van der Waals surface area contributed by atoms with Gasteiger partial charge in [0.05, 0.1) is 10.7 Å². The van der Waals surface area contributed by atoms with Crippen LogP contribution in [0.4, 0.5) is 11.4 Å². The molecule has 0 saturated heterocycles. The van der Waals surface area contributed by atoms with Gasteiger partial charge in [0.2, 0.25) is 0 Å². The molecule has 0 aliphatic heterocycles. The maximum Gasteiger partial charge on any atom is 0.360 e. The van der Waals surface area contributed by atoms with E-state index in [-0.39, 0.29) is 11.6 Å². The number of para-hydroxylation sites is 1. The molecule has 4 rings (SSSR count). The minimum atomic E-state index is -0.611. The Labute approximate surface area is 172 Å². The molecule has 0 saturated carbocycles. The summed E-state index contributed by atoms with van der Waals surface area (Å²) in [5.74, 6) is 0.0847. The van der Waals surface area contributed by atoms with Crippen molar-refractivity contribution in [3.63, 3.8) is 0 Å². The second kappa shape index (κ2) is 8.32. The molecule has 146 valence electrons. The second-order valence-electron chi connectivity index (χ2n) is 6.63. The van der Waals surface area contributed by atoms with Gasteiger partial charge in [-0.1, -0.05) is 41.9 Å². The summed E-state index contributed by atoms with van der Waals surface area (Å²) in [5.41, 5.74) is 5.06. The van der Waals surface area contributed by atoms with Crippen LogP contribution >= 0.6 is 11.6 Å². The van der Waals surface area contributed by atoms with Crippen LogP contribution in [0.15, 0.2) is 75.0 Å². The average molecular weight is 408 g/mol. The molecule has 29 heavy (non-hydrogen) atoms. The Morgan fingerprint density at radius 2 is 1.76 bits per heavy atom. The molecule has 7 heteroatoms. The zero-order valence-electron chi connectivity index (χ0n) is 15.4. The molecule has 0 unspecified atom stereocenters. The normalized spacial score (nSPS) is 14.3. The largest absolute Gasteiger partial charge is 0.420 e. The van der Waals surface area contributed by atoms with Gasteiger partial charge < -0.3 is 9.73 Å². The number of nitrogens with one attached hydrogen (secondary N) is 2. The van der Waals surface area contributed by atoms with Crippen LogP contribution in [0.2, 0.25) is 5.02 Å². The van der Waals surface area contributed by atoms with Gasteiger partial charge in [-0.05, 0) is 55.2 Å². The van der Waals surface area contributed by atoms with E-state index in [0.717, 1.165) is 18.4 Å². The molecule has 6 nitrogen and oxygen atoms in total. The first-order valence-electron chi connectivity index (χ1n) is 9.23. The van der Waals surface area contributed by atoms with Crippen molar-refractivity contribution >= 4 is 34.6 Å². The first-order valence-corrected chi connectivity index (χ1v) is 9.60. The van der Waals surface area contributed by atoms with E-state index in [1.165, 1.54) is 0 Å². The van der Waals surface area contributed by atoms with Crippen LogP contribution in [-0.2, 0) is 6.42 Å². The molecule has 0 fully saturated rings. The van der Waals surface area contributed by atoms with Crippen LogP contribution in [0, 0.1) is 0 Å². The summed E-state index contributed by atoms with van der Waals surface area (Å²) in [6.07, 6.45) is 2.26. The summed E-state index contributed by atoms with van der Waals surface area (Å²) in [4.78, 5) is 24.8. The van der Waals surface area contributed by atoms with E-state index in [0.29, 0.717) is 34.2 Å². The SMILES string of the molecule is O=C(Nc1cc2c(oc1=O)/C(=N\Nc1ccccc1Cl)CCC2)c1ccccc1. The zero-order chi connectivity index (χ0) is 20.2. The van der Waals surface area contributed by atoms with Gasteiger partial charge in [-0.3, -0.25) is 10.2 Å². The number of anilines is 2. The molecule has 0 spiro atoms. The number of aryl methyl sites for hydroxylation is 1. The van der Waals surface area contributed by atoms with Gasteiger partial charge in [-0.25, -0.2) is 4.79 Å². The predicted octanol–water partition coefficient (Wildman–Crippen LogP) is 4.70. The van der Waals surface area contributed by atoms with E-state index in [1.807, 2.05) is 24.3 Å². The van der Waals surface area contributed by atoms with Crippen molar-refractivity contribution in [2.24, 2.45) is 5.10 Å². The molecule has 3 aromatic rings. The lowest BCUT2D eigenvalue weighted by Crippen LogP contribution is -2.22. The first kappa shape index (κ1) is 19.0. The number of rotatable bonds is 4. The first-order chi connectivity index (χ1) is 14.1. The molecule has 2 aromatic carbocycles. The topological polar surface area (TPSA) is 83.7 Å². The Morgan fingerprint density at radius 3 is 2.55 bits per heavy atom. The number of hydrogen-bond acceptors (Lipinski definition) is 5. The minimum absolute atomic E-state index is 0.123. The Bertz CT molecular complexity index is 1140. The van der Waals surface area contributed by atoms with Crippen molar-refractivity contribution < 1.29 is 9.21 Å². The van der Waals surface area contributed by atoms with E-state index >= 15 is 0 Å². The molecule has 2 N–H and O–H groups in total. The fourth-order valence-corrected chi connectivity index (χ4v) is 3.34. The summed E-state index contributed by atoms with van der Waals surface area (Å²) in [6.45, 7) is 0. The third kappa shape index (κ3) is 4.22. The number of amides is 1. The molecular weight excluding hydrogens is 390 g/mol. The van der Waals surface area contributed by atoms with Crippen molar-refractivity contribution in [1.82, 2.24) is 0 Å². The van der Waals surface area contributed by atoms with E-state index in [1.54, 1.807) is 36.4 Å². The van der Waals surface area contributed by atoms with E-state index in [9.17, 15) is 9.59 Å². The molecule has 1 aliphatic carbocycles. The zero-order valence-corrected chi connectivity index (χ0v) is 16.2. The molecule has 0 radical (unpaired) electrons. The van der Waals surface area contributed by atoms with Crippen molar-refractivity contribution in [3.8, 4) is 0 Å². The number of carbonyl (C=O) groups excluding carboxylic acids is 1. The second-order valence-corrected chi connectivity index (χ2v) is 7.03. The van der Waals surface area contributed by atoms with Crippen molar-refractivity contribution in [2.45, 2.75) is 19.3 Å². The predicted molar refractivity (Wildman–Crippen MR) is 114 cm³/mol. The molecule has 1 aliphatic rings. The molecule has 1 heterocycles. The van der Waals surface area contributed by atoms with E-state index in [4.69, 9.17) is 16.0 Å². The fraction of sp³-hybridized carbons (Fsp3) is 0.136. The number of benzene rings is 2. The summed E-state index contributed by atoms with van der Waals surface area (Å²) in [5, 5.41) is 7.59. The van der Waals surface area contributed by atoms with E-state index < -0.39 is 5.63 Å². The molecule has 1 aromatic heterocycles. The van der Waals surface area contributed by atoms with Gasteiger partial charge >= 0.3 is 5.63 Å². The lowest BCUT2D eigenvalue weighted by Gasteiger charge is -2.17. The number of hydrazone groups is 1. The van der Waals surface area contributed by atoms with Gasteiger partial charge in [-0.2, -0.15) is 5.10 Å². The Kier molecular flexibility index (Phi) is 5.44. The highest BCUT2D eigenvalue weighted by Crippen LogP contribution is 2.25. The standard InChI is InChI=1S/C22H18ClN3O3/c23-16-10-4-5-11-17(16)25-26-18-12-6-9-15-13-19(22(28)29-20(15)18)24-21(27)14-7-2-1-3-8-14/h1-5,7-8,10-11,13,25H,6,9,12H2,(H,24,27)/b26-18-. The lowest BCUT2D eigenvalue weighted by atomic mass is 9.95. The third-order valence-corrected chi connectivity index (χ3v) is 4.95. The fourth-order valence-electron chi connectivity index (χ4n) is 3.16. The molecular formula is C22H18ClN3O3. The minimum Gasteiger partial charge on any atom is -0.420 e. The van der Waals surface area contributed by atoms with Gasteiger partial charge in [-0.15, -0.1) is 0 Å². The van der Waals surface area contributed by atoms with Crippen molar-refractivity contribution in [1.29, 1.82) is 0 Å². The van der Waals surface area contributed by atoms with Crippen LogP contribution < -0.4 is 16.4 Å². The van der Waals surface area contributed by atoms with Gasteiger partial charge in [0.25, 0.3) is 5.91 Å². The van der Waals surface area contributed by atoms with Crippen LogP contribution in [0.5, 0.6) is 0 Å². The third-order valence-electron chi connectivity index (χ3n) is 4.62. The average Bonchev–Trinajstić information content (AvgIpc) is 2.74. The number of fused-ring (bicyclic) bond motifs is 1. The maximum absolute atomic E-state index is 12.5. The number of halogens is 1. The lowest BCUT2D eigenvalue weighted by molar-refractivity contribution is 0.102. The molecule has 1 amide bonds. The van der Waals surface area contributed by atoms with E-state index in [2.05, 4.69) is 15.8 Å². The Morgan fingerprint density at radius 1 is 1.00 bits per heavy atom. The van der Waals surface area contributed by atoms with Crippen LogP contribution in [0.1, 0.15) is 34.5 Å². The number of carbonyl (C=O) groups is 1. The van der Waals surface area contributed by atoms with Crippen LogP contribution in [0.25, 0.3) is 0 Å². The quantitative estimate of drug-likeness (QED) is 0.614. The highest BCUT2D eigenvalue weighted by Gasteiger charge is 2.22. The van der Waals surface area contributed by atoms with Gasteiger partial charge in [0, 0.05) is 5.56 Å². The smallest absolute Gasteiger partial charge is 0.360 e. The Balaban J connectivity index is 1.60. The van der Waals surface area contributed by atoms with Crippen molar-refractivity contribution in [2.75, 3.05) is 10.7 Å².